The minimum absolute atomic E-state index is 0.105. The largest absolute Gasteiger partial charge is 0.369 e. The summed E-state index contributed by atoms with van der Waals surface area (Å²) >= 11 is 0. The summed E-state index contributed by atoms with van der Waals surface area (Å²) in [4.78, 5) is 25.1. The number of amides is 2. The van der Waals surface area contributed by atoms with Crippen molar-refractivity contribution in [3.05, 3.63) is 35.4 Å². The Balaban J connectivity index is 1.72. The van der Waals surface area contributed by atoms with Gasteiger partial charge in [0, 0.05) is 25.6 Å². The number of nitrogens with two attached hydrogens (primary N) is 1. The molecule has 1 fully saturated rings. The van der Waals surface area contributed by atoms with Gasteiger partial charge in [0.05, 0.1) is 6.54 Å². The fraction of sp³-hybridized carbons (Fsp3) is 0.600. The summed E-state index contributed by atoms with van der Waals surface area (Å²) in [6.45, 7) is 8.52. The van der Waals surface area contributed by atoms with Gasteiger partial charge in [0.25, 0.3) is 0 Å². The van der Waals surface area contributed by atoms with Gasteiger partial charge in [-0.25, -0.2) is 0 Å². The Bertz CT molecular complexity index is 582. The normalized spacial score (nSPS) is 16.6. The van der Waals surface area contributed by atoms with E-state index in [1.165, 1.54) is 11.1 Å². The smallest absolute Gasteiger partial charge is 0.231 e. The van der Waals surface area contributed by atoms with Crippen LogP contribution in [0.4, 0.5) is 0 Å². The lowest BCUT2D eigenvalue weighted by Gasteiger charge is -2.31. The number of likely N-dealkylation sites (tertiary alicyclic amines) is 1. The first-order valence-corrected chi connectivity index (χ1v) is 9.13. The summed E-state index contributed by atoms with van der Waals surface area (Å²) in [5, 5.41) is 3.12. The molecule has 0 saturated carbocycles. The van der Waals surface area contributed by atoms with E-state index in [4.69, 9.17) is 5.73 Å². The van der Waals surface area contributed by atoms with Crippen molar-refractivity contribution in [1.29, 1.82) is 0 Å². The van der Waals surface area contributed by atoms with Crippen molar-refractivity contribution in [1.82, 2.24) is 10.2 Å². The molecule has 0 unspecified atom stereocenters. The molecule has 2 rings (SSSR count). The standard InChI is InChI=1S/C20H31N3O2/c1-20(2,3)16-7-4-15(5-8-16)6-9-19(25)22-17-10-12-23(13-11-17)14-18(21)24/h4-5,7-8,17H,6,9-14H2,1-3H3,(H2,21,24)(H,22,25). The van der Waals surface area contributed by atoms with E-state index in [-0.39, 0.29) is 23.3 Å². The van der Waals surface area contributed by atoms with Crippen LogP contribution in [0, 0.1) is 0 Å². The minimum Gasteiger partial charge on any atom is -0.369 e. The molecule has 0 spiro atoms. The molecule has 1 aromatic carbocycles. The molecular weight excluding hydrogens is 314 g/mol. The van der Waals surface area contributed by atoms with E-state index in [9.17, 15) is 9.59 Å². The highest BCUT2D eigenvalue weighted by Crippen LogP contribution is 2.22. The second-order valence-corrected chi connectivity index (χ2v) is 8.03. The van der Waals surface area contributed by atoms with Crippen LogP contribution in [-0.2, 0) is 21.4 Å². The first-order chi connectivity index (χ1) is 11.7. The lowest BCUT2D eigenvalue weighted by atomic mass is 9.86. The molecule has 1 aliphatic rings. The molecule has 1 saturated heterocycles. The van der Waals surface area contributed by atoms with E-state index >= 15 is 0 Å². The zero-order valence-corrected chi connectivity index (χ0v) is 15.7. The fourth-order valence-electron chi connectivity index (χ4n) is 3.18. The first-order valence-electron chi connectivity index (χ1n) is 9.13. The third-order valence-corrected chi connectivity index (χ3v) is 4.79. The van der Waals surface area contributed by atoms with Crippen molar-refractivity contribution < 1.29 is 9.59 Å². The predicted molar refractivity (Wildman–Crippen MR) is 100 cm³/mol. The topological polar surface area (TPSA) is 75.4 Å². The highest BCUT2D eigenvalue weighted by molar-refractivity contribution is 5.76. The van der Waals surface area contributed by atoms with Gasteiger partial charge in [0.1, 0.15) is 0 Å². The first kappa shape index (κ1) is 19.4. The van der Waals surface area contributed by atoms with E-state index < -0.39 is 0 Å². The number of piperidine rings is 1. The maximum absolute atomic E-state index is 12.2. The summed E-state index contributed by atoms with van der Waals surface area (Å²) in [5.74, 6) is -0.187. The molecule has 138 valence electrons. The highest BCUT2D eigenvalue weighted by Gasteiger charge is 2.21. The average Bonchev–Trinajstić information content (AvgIpc) is 2.54. The van der Waals surface area contributed by atoms with Crippen LogP contribution in [0.1, 0.15) is 51.2 Å². The molecule has 5 nitrogen and oxygen atoms in total. The van der Waals surface area contributed by atoms with Crippen LogP contribution in [0.5, 0.6) is 0 Å². The van der Waals surface area contributed by atoms with Crippen LogP contribution in [0.3, 0.4) is 0 Å². The molecular formula is C20H31N3O2. The second kappa shape index (κ2) is 8.48. The summed E-state index contributed by atoms with van der Waals surface area (Å²) in [7, 11) is 0. The van der Waals surface area contributed by atoms with Gasteiger partial charge in [-0.05, 0) is 35.8 Å². The van der Waals surface area contributed by atoms with Crippen LogP contribution in [0.15, 0.2) is 24.3 Å². The van der Waals surface area contributed by atoms with E-state index in [1.807, 2.05) is 4.90 Å². The number of rotatable bonds is 6. The number of nitrogens with zero attached hydrogens (tertiary/aromatic N) is 1. The Kier molecular flexibility index (Phi) is 6.59. The molecule has 0 bridgehead atoms. The molecule has 0 radical (unpaired) electrons. The van der Waals surface area contributed by atoms with Crippen LogP contribution in [0.25, 0.3) is 0 Å². The molecule has 5 heteroatoms. The maximum Gasteiger partial charge on any atom is 0.231 e. The predicted octanol–water partition coefficient (Wildman–Crippen LogP) is 1.98. The number of nitrogens with one attached hydrogen (secondary N) is 1. The van der Waals surface area contributed by atoms with E-state index in [0.717, 1.165) is 32.4 Å². The van der Waals surface area contributed by atoms with Gasteiger partial charge in [0.2, 0.25) is 11.8 Å². The molecule has 1 aliphatic heterocycles. The Labute approximate surface area is 151 Å². The third kappa shape index (κ3) is 6.50. The minimum atomic E-state index is -0.292. The number of carbonyl (C=O) groups excluding carboxylic acids is 2. The maximum atomic E-state index is 12.2. The molecule has 1 aromatic rings. The van der Waals surface area contributed by atoms with Crippen LogP contribution >= 0.6 is 0 Å². The summed E-state index contributed by atoms with van der Waals surface area (Å²) in [6, 6.07) is 8.76. The van der Waals surface area contributed by atoms with E-state index in [1.54, 1.807) is 0 Å². The molecule has 0 atom stereocenters. The Morgan fingerprint density at radius 1 is 1.16 bits per heavy atom. The van der Waals surface area contributed by atoms with Crippen molar-refractivity contribution in [3.8, 4) is 0 Å². The number of hydrogen-bond donors (Lipinski definition) is 2. The number of benzene rings is 1. The molecule has 3 N–H and O–H groups in total. The molecule has 1 heterocycles. The molecule has 0 aliphatic carbocycles. The number of primary amides is 1. The second-order valence-electron chi connectivity index (χ2n) is 8.03. The van der Waals surface area contributed by atoms with Gasteiger partial charge in [-0.2, -0.15) is 0 Å². The van der Waals surface area contributed by atoms with E-state index in [2.05, 4.69) is 50.4 Å². The number of aryl methyl sites for hydroxylation is 1. The molecule has 25 heavy (non-hydrogen) atoms. The van der Waals surface area contributed by atoms with Gasteiger partial charge in [-0.1, -0.05) is 45.0 Å². The zero-order valence-electron chi connectivity index (χ0n) is 15.7. The Hall–Kier alpha value is -1.88. The van der Waals surface area contributed by atoms with E-state index in [0.29, 0.717) is 13.0 Å². The SMILES string of the molecule is CC(C)(C)c1ccc(CCC(=O)NC2CCN(CC(N)=O)CC2)cc1. The number of carbonyl (C=O) groups is 2. The Morgan fingerprint density at radius 3 is 2.28 bits per heavy atom. The zero-order chi connectivity index (χ0) is 18.4. The van der Waals surface area contributed by atoms with Crippen molar-refractivity contribution in [2.24, 2.45) is 5.73 Å². The molecule has 2 amide bonds. The van der Waals surface area contributed by atoms with Gasteiger partial charge in [-0.3, -0.25) is 14.5 Å². The van der Waals surface area contributed by atoms with Crippen LogP contribution in [-0.4, -0.2) is 42.4 Å². The lowest BCUT2D eigenvalue weighted by molar-refractivity contribution is -0.123. The van der Waals surface area contributed by atoms with Gasteiger partial charge < -0.3 is 11.1 Å². The summed E-state index contributed by atoms with van der Waals surface area (Å²) in [6.07, 6.45) is 3.02. The lowest BCUT2D eigenvalue weighted by Crippen LogP contribution is -2.46. The van der Waals surface area contributed by atoms with Crippen molar-refractivity contribution in [2.75, 3.05) is 19.6 Å². The fourth-order valence-corrected chi connectivity index (χ4v) is 3.18. The number of hydrogen-bond acceptors (Lipinski definition) is 3. The quantitative estimate of drug-likeness (QED) is 0.828. The van der Waals surface area contributed by atoms with Crippen molar-refractivity contribution in [3.63, 3.8) is 0 Å². The average molecular weight is 345 g/mol. The van der Waals surface area contributed by atoms with Crippen LogP contribution in [0.2, 0.25) is 0 Å². The van der Waals surface area contributed by atoms with Gasteiger partial charge in [0.15, 0.2) is 0 Å². The van der Waals surface area contributed by atoms with Crippen molar-refractivity contribution >= 4 is 11.8 Å². The molecule has 0 aromatic heterocycles. The summed E-state index contributed by atoms with van der Waals surface area (Å²) < 4.78 is 0. The van der Waals surface area contributed by atoms with Crippen molar-refractivity contribution in [2.45, 2.75) is 57.9 Å². The highest BCUT2D eigenvalue weighted by atomic mass is 16.2. The van der Waals surface area contributed by atoms with Gasteiger partial charge >= 0.3 is 0 Å². The third-order valence-electron chi connectivity index (χ3n) is 4.79. The van der Waals surface area contributed by atoms with Gasteiger partial charge in [-0.15, -0.1) is 0 Å². The Morgan fingerprint density at radius 2 is 1.76 bits per heavy atom. The van der Waals surface area contributed by atoms with Crippen LogP contribution < -0.4 is 11.1 Å². The monoisotopic (exact) mass is 345 g/mol. The summed E-state index contributed by atoms with van der Waals surface area (Å²) in [5.41, 5.74) is 7.87.